The molecule has 1 aromatic carbocycles. The molecule has 0 aliphatic carbocycles. The highest BCUT2D eigenvalue weighted by Crippen LogP contribution is 2.12. The fourth-order valence-electron chi connectivity index (χ4n) is 1.33. The Labute approximate surface area is 118 Å². The fraction of sp³-hybridized carbons (Fsp3) is 0.0769. The summed E-state index contributed by atoms with van der Waals surface area (Å²) in [7, 11) is 0. The zero-order valence-corrected chi connectivity index (χ0v) is 11.6. The topological polar surface area (TPSA) is 39.2 Å². The first-order valence-corrected chi connectivity index (χ1v) is 6.36. The van der Waals surface area contributed by atoms with E-state index in [1.165, 1.54) is 0 Å². The van der Waals surface area contributed by atoms with Crippen LogP contribution in [0, 0.1) is 0 Å². The van der Waals surface area contributed by atoms with E-state index in [0.29, 0.717) is 0 Å². The van der Waals surface area contributed by atoms with Crippen LogP contribution < -0.4 is 0 Å². The molecule has 0 N–H and O–H groups in total. The van der Waals surface area contributed by atoms with Crippen LogP contribution >= 0.6 is 27.5 Å². The zero-order valence-electron chi connectivity index (χ0n) is 9.27. The van der Waals surface area contributed by atoms with Crippen molar-refractivity contribution in [2.24, 2.45) is 0 Å². The molecule has 0 amide bonds. The lowest BCUT2D eigenvalue weighted by Crippen LogP contribution is -2.07. The van der Waals surface area contributed by atoms with Crippen molar-refractivity contribution in [3.63, 3.8) is 0 Å². The van der Waals surface area contributed by atoms with Crippen molar-refractivity contribution in [3.8, 4) is 0 Å². The van der Waals surface area contributed by atoms with Gasteiger partial charge in [-0.3, -0.25) is 0 Å². The highest BCUT2D eigenvalue weighted by molar-refractivity contribution is 9.10. The maximum atomic E-state index is 11.7. The number of ether oxygens (including phenoxy) is 1. The Kier molecular flexibility index (Phi) is 4.33. The molecule has 18 heavy (non-hydrogen) atoms. The summed E-state index contributed by atoms with van der Waals surface area (Å²) < 4.78 is 6.11. The molecule has 0 radical (unpaired) electrons. The van der Waals surface area contributed by atoms with Gasteiger partial charge in [0, 0.05) is 4.47 Å². The molecule has 0 aliphatic heterocycles. The van der Waals surface area contributed by atoms with E-state index >= 15 is 0 Å². The lowest BCUT2D eigenvalue weighted by molar-refractivity contribution is 0.0466. The number of esters is 1. The van der Waals surface area contributed by atoms with Gasteiger partial charge in [-0.25, -0.2) is 9.78 Å². The first-order chi connectivity index (χ1) is 8.65. The Morgan fingerprint density at radius 2 is 1.94 bits per heavy atom. The van der Waals surface area contributed by atoms with Crippen LogP contribution in [0.25, 0.3) is 0 Å². The Balaban J connectivity index is 1.98. The van der Waals surface area contributed by atoms with E-state index in [-0.39, 0.29) is 17.5 Å². The molecule has 0 bridgehead atoms. The largest absolute Gasteiger partial charge is 0.456 e. The summed E-state index contributed by atoms with van der Waals surface area (Å²) >= 11 is 9.04. The summed E-state index contributed by atoms with van der Waals surface area (Å²) in [4.78, 5) is 15.6. The van der Waals surface area contributed by atoms with Crippen LogP contribution in [0.2, 0.25) is 5.15 Å². The minimum Gasteiger partial charge on any atom is -0.456 e. The van der Waals surface area contributed by atoms with E-state index in [1.807, 2.05) is 24.3 Å². The van der Waals surface area contributed by atoms with E-state index in [9.17, 15) is 4.79 Å². The molecule has 92 valence electrons. The third-order valence-corrected chi connectivity index (χ3v) is 2.95. The standard InChI is InChI=1S/C13H9BrClNO2/c14-10-6-4-9(5-7-10)8-18-13(17)11-2-1-3-12(15)16-11/h1-7H,8H2. The molecule has 0 saturated carbocycles. The minimum absolute atomic E-state index is 0.208. The van der Waals surface area contributed by atoms with Gasteiger partial charge in [0.1, 0.15) is 17.5 Å². The second-order valence-corrected chi connectivity index (χ2v) is 4.85. The van der Waals surface area contributed by atoms with Gasteiger partial charge in [0.2, 0.25) is 0 Å². The van der Waals surface area contributed by atoms with Crippen LogP contribution in [-0.4, -0.2) is 11.0 Å². The van der Waals surface area contributed by atoms with E-state index in [2.05, 4.69) is 20.9 Å². The molecule has 0 spiro atoms. The molecule has 3 nitrogen and oxygen atoms in total. The second kappa shape index (κ2) is 5.98. The average Bonchev–Trinajstić information content (AvgIpc) is 2.38. The van der Waals surface area contributed by atoms with Crippen LogP contribution in [0.1, 0.15) is 16.1 Å². The number of benzene rings is 1. The van der Waals surface area contributed by atoms with E-state index in [0.717, 1.165) is 10.0 Å². The van der Waals surface area contributed by atoms with Crippen molar-refractivity contribution in [1.82, 2.24) is 4.98 Å². The number of nitrogens with zero attached hydrogens (tertiary/aromatic N) is 1. The van der Waals surface area contributed by atoms with Gasteiger partial charge < -0.3 is 4.74 Å². The number of halogens is 2. The van der Waals surface area contributed by atoms with Crippen molar-refractivity contribution in [1.29, 1.82) is 0 Å². The fourth-order valence-corrected chi connectivity index (χ4v) is 1.75. The molecule has 0 aliphatic rings. The number of pyridine rings is 1. The van der Waals surface area contributed by atoms with Gasteiger partial charge in [-0.05, 0) is 29.8 Å². The summed E-state index contributed by atoms with van der Waals surface area (Å²) in [6.45, 7) is 0.209. The predicted octanol–water partition coefficient (Wildman–Crippen LogP) is 3.85. The maximum Gasteiger partial charge on any atom is 0.357 e. The summed E-state index contributed by atoms with van der Waals surface area (Å²) in [5.41, 5.74) is 1.12. The minimum atomic E-state index is -0.486. The molecule has 0 atom stereocenters. The first kappa shape index (κ1) is 13.1. The SMILES string of the molecule is O=C(OCc1ccc(Br)cc1)c1cccc(Cl)n1. The van der Waals surface area contributed by atoms with Crippen molar-refractivity contribution >= 4 is 33.5 Å². The van der Waals surface area contributed by atoms with Gasteiger partial charge in [0.15, 0.2) is 0 Å². The summed E-state index contributed by atoms with van der Waals surface area (Å²) in [5.74, 6) is -0.486. The Morgan fingerprint density at radius 1 is 1.22 bits per heavy atom. The molecule has 5 heteroatoms. The Morgan fingerprint density at radius 3 is 2.61 bits per heavy atom. The molecular formula is C13H9BrClNO2. The molecular weight excluding hydrogens is 318 g/mol. The van der Waals surface area contributed by atoms with Crippen LogP contribution in [0.4, 0.5) is 0 Å². The average molecular weight is 327 g/mol. The molecule has 0 saturated heterocycles. The van der Waals surface area contributed by atoms with Crippen LogP contribution in [0.15, 0.2) is 46.9 Å². The third-order valence-electron chi connectivity index (χ3n) is 2.21. The molecule has 0 unspecified atom stereocenters. The van der Waals surface area contributed by atoms with Crippen molar-refractivity contribution in [2.45, 2.75) is 6.61 Å². The number of carbonyl (C=O) groups is 1. The highest BCUT2D eigenvalue weighted by Gasteiger charge is 2.09. The number of rotatable bonds is 3. The molecule has 1 heterocycles. The molecule has 2 aromatic rings. The quantitative estimate of drug-likeness (QED) is 0.635. The second-order valence-electron chi connectivity index (χ2n) is 3.55. The third kappa shape index (κ3) is 3.55. The van der Waals surface area contributed by atoms with Crippen molar-refractivity contribution < 1.29 is 9.53 Å². The number of aromatic nitrogens is 1. The van der Waals surface area contributed by atoms with Gasteiger partial charge in [-0.2, -0.15) is 0 Å². The zero-order chi connectivity index (χ0) is 13.0. The Bertz CT molecular complexity index is 557. The van der Waals surface area contributed by atoms with Gasteiger partial charge in [-0.15, -0.1) is 0 Å². The number of carbonyl (C=O) groups excluding carboxylic acids is 1. The lowest BCUT2D eigenvalue weighted by atomic mass is 10.2. The Hall–Kier alpha value is -1.39. The van der Waals surface area contributed by atoms with Gasteiger partial charge >= 0.3 is 5.97 Å². The maximum absolute atomic E-state index is 11.7. The molecule has 1 aromatic heterocycles. The lowest BCUT2D eigenvalue weighted by Gasteiger charge is -2.04. The van der Waals surface area contributed by atoms with Gasteiger partial charge in [0.05, 0.1) is 0 Å². The van der Waals surface area contributed by atoms with Crippen molar-refractivity contribution in [2.75, 3.05) is 0 Å². The first-order valence-electron chi connectivity index (χ1n) is 5.19. The number of hydrogen-bond donors (Lipinski definition) is 0. The van der Waals surface area contributed by atoms with Crippen LogP contribution in [-0.2, 0) is 11.3 Å². The van der Waals surface area contributed by atoms with Crippen LogP contribution in [0.5, 0.6) is 0 Å². The highest BCUT2D eigenvalue weighted by atomic mass is 79.9. The summed E-state index contributed by atoms with van der Waals surface area (Å²) in [5, 5.41) is 0.271. The summed E-state index contributed by atoms with van der Waals surface area (Å²) in [6, 6.07) is 12.4. The molecule has 0 fully saturated rings. The van der Waals surface area contributed by atoms with E-state index in [1.54, 1.807) is 18.2 Å². The monoisotopic (exact) mass is 325 g/mol. The number of hydrogen-bond acceptors (Lipinski definition) is 3. The van der Waals surface area contributed by atoms with Crippen molar-refractivity contribution in [3.05, 3.63) is 63.3 Å². The van der Waals surface area contributed by atoms with Gasteiger partial charge in [0.25, 0.3) is 0 Å². The predicted molar refractivity (Wildman–Crippen MR) is 72.5 cm³/mol. The van der Waals surface area contributed by atoms with E-state index < -0.39 is 5.97 Å². The summed E-state index contributed by atoms with van der Waals surface area (Å²) in [6.07, 6.45) is 0. The molecule has 2 rings (SSSR count). The van der Waals surface area contributed by atoms with E-state index in [4.69, 9.17) is 16.3 Å². The smallest absolute Gasteiger partial charge is 0.357 e. The van der Waals surface area contributed by atoms with Crippen LogP contribution in [0.3, 0.4) is 0 Å². The van der Waals surface area contributed by atoms with Gasteiger partial charge in [-0.1, -0.05) is 45.7 Å². The normalized spacial score (nSPS) is 10.1.